The van der Waals surface area contributed by atoms with Gasteiger partial charge in [0.25, 0.3) is 0 Å². The summed E-state index contributed by atoms with van der Waals surface area (Å²) in [5, 5.41) is 8.28. The number of fused-ring (bicyclic) bond motifs is 2. The maximum absolute atomic E-state index is 2.31. The standard InChI is InChI=1S/C22H18Se2/c1-3-11-19-17(7-1)9-5-13-21(19)23-15-16-24-22-14-6-10-18-8-2-4-12-20(18)22/h1-14H,15-16H2. The predicted octanol–water partition coefficient (Wildman–Crippen LogP) is 4.19. The first-order valence-corrected chi connectivity index (χ1v) is 12.3. The van der Waals surface area contributed by atoms with Crippen molar-refractivity contribution in [3.63, 3.8) is 0 Å². The van der Waals surface area contributed by atoms with E-state index < -0.39 is 0 Å². The third-order valence-electron chi connectivity index (χ3n) is 4.10. The second-order valence-electron chi connectivity index (χ2n) is 5.65. The molecule has 0 unspecified atom stereocenters. The van der Waals surface area contributed by atoms with Crippen LogP contribution < -0.4 is 8.92 Å². The molecule has 0 spiro atoms. The van der Waals surface area contributed by atoms with Crippen LogP contribution in [-0.4, -0.2) is 29.9 Å². The average molecular weight is 440 g/mol. The van der Waals surface area contributed by atoms with E-state index in [1.807, 2.05) is 0 Å². The van der Waals surface area contributed by atoms with Gasteiger partial charge in [-0.05, 0) is 0 Å². The SMILES string of the molecule is c1ccc2c([Se]CC[Se]c3cccc4ccccc34)cccc2c1. The van der Waals surface area contributed by atoms with E-state index in [2.05, 4.69) is 84.9 Å². The summed E-state index contributed by atoms with van der Waals surface area (Å²) in [6, 6.07) is 31.0. The molecule has 0 aliphatic heterocycles. The molecule has 0 aromatic heterocycles. The molecule has 0 aliphatic rings. The summed E-state index contributed by atoms with van der Waals surface area (Å²) in [6.45, 7) is 0. The fourth-order valence-corrected chi connectivity index (χ4v) is 8.20. The Morgan fingerprint density at radius 1 is 0.458 bits per heavy atom. The molecule has 24 heavy (non-hydrogen) atoms. The zero-order valence-corrected chi connectivity index (χ0v) is 16.7. The second kappa shape index (κ2) is 7.55. The van der Waals surface area contributed by atoms with Crippen molar-refractivity contribution in [2.45, 2.75) is 10.6 Å². The number of hydrogen-bond acceptors (Lipinski definition) is 0. The monoisotopic (exact) mass is 442 g/mol. The van der Waals surface area contributed by atoms with Crippen LogP contribution in [0.5, 0.6) is 0 Å². The number of hydrogen-bond donors (Lipinski definition) is 0. The summed E-state index contributed by atoms with van der Waals surface area (Å²) in [6.07, 6.45) is 0. The maximum atomic E-state index is 2.31. The Morgan fingerprint density at radius 3 is 1.38 bits per heavy atom. The molecule has 0 bridgehead atoms. The van der Waals surface area contributed by atoms with Crippen LogP contribution in [0.15, 0.2) is 84.9 Å². The summed E-state index contributed by atoms with van der Waals surface area (Å²) < 4.78 is 3.10. The minimum atomic E-state index is 0.563. The zero-order chi connectivity index (χ0) is 16.2. The molecule has 4 rings (SSSR count). The third-order valence-corrected chi connectivity index (χ3v) is 9.92. The van der Waals surface area contributed by atoms with E-state index in [4.69, 9.17) is 0 Å². The van der Waals surface area contributed by atoms with Crippen molar-refractivity contribution in [3.05, 3.63) is 84.9 Å². The van der Waals surface area contributed by atoms with Gasteiger partial charge in [0, 0.05) is 0 Å². The van der Waals surface area contributed by atoms with Crippen molar-refractivity contribution < 1.29 is 0 Å². The number of benzene rings is 4. The van der Waals surface area contributed by atoms with Crippen LogP contribution in [-0.2, 0) is 0 Å². The predicted molar refractivity (Wildman–Crippen MR) is 108 cm³/mol. The van der Waals surface area contributed by atoms with Crippen LogP contribution in [0.25, 0.3) is 21.5 Å². The van der Waals surface area contributed by atoms with Gasteiger partial charge >= 0.3 is 156 Å². The van der Waals surface area contributed by atoms with Gasteiger partial charge in [0.05, 0.1) is 0 Å². The zero-order valence-electron chi connectivity index (χ0n) is 13.3. The molecule has 4 aromatic rings. The average Bonchev–Trinajstić information content (AvgIpc) is 2.65. The molecule has 0 saturated carbocycles. The molecule has 2 heteroatoms. The first kappa shape index (κ1) is 15.9. The summed E-state index contributed by atoms with van der Waals surface area (Å²) in [4.78, 5) is 0. The molecular formula is C22H18Se2. The molecule has 0 saturated heterocycles. The van der Waals surface area contributed by atoms with Gasteiger partial charge in [-0.1, -0.05) is 0 Å². The summed E-state index contributed by atoms with van der Waals surface area (Å²) >= 11 is 1.13. The van der Waals surface area contributed by atoms with Crippen molar-refractivity contribution in [2.24, 2.45) is 0 Å². The van der Waals surface area contributed by atoms with E-state index in [0.717, 1.165) is 0 Å². The fourth-order valence-electron chi connectivity index (χ4n) is 2.95. The van der Waals surface area contributed by atoms with Gasteiger partial charge in [-0.2, -0.15) is 0 Å². The van der Waals surface area contributed by atoms with E-state index >= 15 is 0 Å². The summed E-state index contributed by atoms with van der Waals surface area (Å²) in [5.74, 6) is 0. The van der Waals surface area contributed by atoms with Gasteiger partial charge < -0.3 is 0 Å². The first-order chi connectivity index (χ1) is 11.9. The molecule has 0 heterocycles. The molecule has 0 radical (unpaired) electrons. The van der Waals surface area contributed by atoms with E-state index in [1.165, 1.54) is 32.2 Å². The van der Waals surface area contributed by atoms with Crippen LogP contribution >= 0.6 is 0 Å². The Bertz CT molecular complexity index is 884. The molecule has 0 amide bonds. The molecule has 0 atom stereocenters. The Kier molecular flexibility index (Phi) is 5.01. The normalized spacial score (nSPS) is 11.2. The van der Waals surface area contributed by atoms with Gasteiger partial charge in [-0.3, -0.25) is 0 Å². The molecular weight excluding hydrogens is 422 g/mol. The second-order valence-corrected chi connectivity index (χ2v) is 10.4. The van der Waals surface area contributed by atoms with Crippen molar-refractivity contribution in [1.82, 2.24) is 0 Å². The van der Waals surface area contributed by atoms with Crippen LogP contribution in [0, 0.1) is 0 Å². The van der Waals surface area contributed by atoms with Crippen molar-refractivity contribution in [2.75, 3.05) is 0 Å². The van der Waals surface area contributed by atoms with Gasteiger partial charge in [-0.25, -0.2) is 0 Å². The van der Waals surface area contributed by atoms with Gasteiger partial charge in [0.15, 0.2) is 0 Å². The van der Waals surface area contributed by atoms with Crippen molar-refractivity contribution >= 4 is 60.4 Å². The van der Waals surface area contributed by atoms with Crippen molar-refractivity contribution in [1.29, 1.82) is 0 Å². The van der Waals surface area contributed by atoms with Crippen molar-refractivity contribution in [3.8, 4) is 0 Å². The Balaban J connectivity index is 1.44. The van der Waals surface area contributed by atoms with Gasteiger partial charge in [0.1, 0.15) is 0 Å². The Labute approximate surface area is 155 Å². The minimum absolute atomic E-state index is 0.563. The Hall–Kier alpha value is -1.56. The van der Waals surface area contributed by atoms with E-state index in [1.54, 1.807) is 8.92 Å². The van der Waals surface area contributed by atoms with Crippen LogP contribution in [0.4, 0.5) is 0 Å². The molecule has 118 valence electrons. The molecule has 0 nitrogen and oxygen atoms in total. The van der Waals surface area contributed by atoms with E-state index in [-0.39, 0.29) is 0 Å². The van der Waals surface area contributed by atoms with E-state index in [9.17, 15) is 0 Å². The summed E-state index contributed by atoms with van der Waals surface area (Å²) in [5.41, 5.74) is 0. The van der Waals surface area contributed by atoms with Gasteiger partial charge in [0.2, 0.25) is 0 Å². The van der Waals surface area contributed by atoms with Crippen LogP contribution in [0.2, 0.25) is 10.6 Å². The van der Waals surface area contributed by atoms with E-state index in [0.29, 0.717) is 29.9 Å². The Morgan fingerprint density at radius 2 is 0.875 bits per heavy atom. The fraction of sp³-hybridized carbons (Fsp3) is 0.0909. The topological polar surface area (TPSA) is 0 Å². The molecule has 0 N–H and O–H groups in total. The van der Waals surface area contributed by atoms with Crippen LogP contribution in [0.3, 0.4) is 0 Å². The third kappa shape index (κ3) is 3.43. The van der Waals surface area contributed by atoms with Crippen LogP contribution in [0.1, 0.15) is 0 Å². The van der Waals surface area contributed by atoms with Gasteiger partial charge in [-0.15, -0.1) is 0 Å². The molecule has 0 fully saturated rings. The molecule has 0 aliphatic carbocycles. The first-order valence-electron chi connectivity index (χ1n) is 8.13. The molecule has 4 aromatic carbocycles. The number of rotatable bonds is 5. The quantitative estimate of drug-likeness (QED) is 0.323. The summed E-state index contributed by atoms with van der Waals surface area (Å²) in [7, 11) is 0.